The van der Waals surface area contributed by atoms with Crippen molar-refractivity contribution in [3.05, 3.63) is 10.1 Å². The lowest BCUT2D eigenvalue weighted by Gasteiger charge is -2.05. The highest BCUT2D eigenvalue weighted by molar-refractivity contribution is 5.10. The lowest BCUT2D eigenvalue weighted by atomic mass is 10.1. The van der Waals surface area contributed by atoms with Crippen molar-refractivity contribution in [1.29, 1.82) is 0 Å². The smallest absolute Gasteiger partial charge is 0.263 e. The summed E-state index contributed by atoms with van der Waals surface area (Å²) in [5.41, 5.74) is -1.09. The zero-order valence-electron chi connectivity index (χ0n) is 8.59. The fourth-order valence-corrected chi connectivity index (χ4v) is 0.788. The van der Waals surface area contributed by atoms with E-state index in [2.05, 4.69) is 18.8 Å². The maximum absolute atomic E-state index is 10.4. The van der Waals surface area contributed by atoms with Crippen molar-refractivity contribution in [2.75, 3.05) is 0 Å². The SMILES string of the molecule is CCCCCC#CC(C)(C)[N+](=O)[O-]. The zero-order chi connectivity index (χ0) is 10.3. The van der Waals surface area contributed by atoms with E-state index in [0.717, 1.165) is 25.7 Å². The molecule has 0 spiro atoms. The molecule has 0 aliphatic rings. The monoisotopic (exact) mass is 183 g/mol. The first-order chi connectivity index (χ1) is 6.00. The molecule has 3 nitrogen and oxygen atoms in total. The highest BCUT2D eigenvalue weighted by Gasteiger charge is 2.26. The Hall–Kier alpha value is -1.04. The van der Waals surface area contributed by atoms with Gasteiger partial charge in [-0.15, -0.1) is 0 Å². The third-order valence-corrected chi connectivity index (χ3v) is 1.76. The quantitative estimate of drug-likeness (QED) is 0.291. The normalized spacial score (nSPS) is 10.4. The summed E-state index contributed by atoms with van der Waals surface area (Å²) in [5, 5.41) is 10.4. The van der Waals surface area contributed by atoms with E-state index in [4.69, 9.17) is 0 Å². The van der Waals surface area contributed by atoms with Crippen molar-refractivity contribution >= 4 is 0 Å². The van der Waals surface area contributed by atoms with E-state index >= 15 is 0 Å². The van der Waals surface area contributed by atoms with E-state index in [1.165, 1.54) is 13.8 Å². The van der Waals surface area contributed by atoms with Gasteiger partial charge in [-0.3, -0.25) is 10.1 Å². The molecule has 0 atom stereocenters. The highest BCUT2D eigenvalue weighted by atomic mass is 16.6. The average molecular weight is 183 g/mol. The van der Waals surface area contributed by atoms with Gasteiger partial charge in [0.05, 0.1) is 0 Å². The molecule has 13 heavy (non-hydrogen) atoms. The second kappa shape index (κ2) is 5.58. The number of hydrogen-bond acceptors (Lipinski definition) is 2. The van der Waals surface area contributed by atoms with Crippen molar-refractivity contribution in [3.63, 3.8) is 0 Å². The molecular formula is C10H17NO2. The molecule has 0 unspecified atom stereocenters. The molecule has 0 N–H and O–H groups in total. The van der Waals surface area contributed by atoms with Gasteiger partial charge in [0.1, 0.15) is 0 Å². The Labute approximate surface area is 79.7 Å². The van der Waals surface area contributed by atoms with Gasteiger partial charge in [-0.1, -0.05) is 25.7 Å². The van der Waals surface area contributed by atoms with Gasteiger partial charge in [0.15, 0.2) is 0 Å². The first-order valence-corrected chi connectivity index (χ1v) is 4.65. The molecule has 3 heteroatoms. The van der Waals surface area contributed by atoms with Crippen molar-refractivity contribution < 1.29 is 4.92 Å². The van der Waals surface area contributed by atoms with E-state index in [0.29, 0.717) is 0 Å². The molecule has 0 aromatic heterocycles. The van der Waals surface area contributed by atoms with Crippen molar-refractivity contribution in [3.8, 4) is 11.8 Å². The Kier molecular flexibility index (Phi) is 5.13. The third-order valence-electron chi connectivity index (χ3n) is 1.76. The summed E-state index contributed by atoms with van der Waals surface area (Å²) in [7, 11) is 0. The summed E-state index contributed by atoms with van der Waals surface area (Å²) < 4.78 is 0. The van der Waals surface area contributed by atoms with Crippen LogP contribution in [0.25, 0.3) is 0 Å². The summed E-state index contributed by atoms with van der Waals surface area (Å²) in [6.07, 6.45) is 4.11. The van der Waals surface area contributed by atoms with Crippen LogP contribution in [0.1, 0.15) is 46.5 Å². The molecule has 0 rings (SSSR count). The maximum Gasteiger partial charge on any atom is 0.275 e. The van der Waals surface area contributed by atoms with Crippen LogP contribution in [0.3, 0.4) is 0 Å². The fourth-order valence-electron chi connectivity index (χ4n) is 0.788. The van der Waals surface area contributed by atoms with Crippen LogP contribution in [0.4, 0.5) is 0 Å². The summed E-state index contributed by atoms with van der Waals surface area (Å²) >= 11 is 0. The molecule has 0 aliphatic carbocycles. The van der Waals surface area contributed by atoms with Crippen LogP contribution >= 0.6 is 0 Å². The van der Waals surface area contributed by atoms with Crippen molar-refractivity contribution in [2.45, 2.75) is 52.0 Å². The second-order valence-corrected chi connectivity index (χ2v) is 3.58. The Bertz CT molecular complexity index is 223. The molecule has 0 aromatic rings. The van der Waals surface area contributed by atoms with Gasteiger partial charge in [-0.05, 0) is 12.3 Å². The summed E-state index contributed by atoms with van der Waals surface area (Å²) in [6, 6.07) is 0. The van der Waals surface area contributed by atoms with Crippen LogP contribution in [0.5, 0.6) is 0 Å². The predicted molar refractivity (Wildman–Crippen MR) is 53.0 cm³/mol. The van der Waals surface area contributed by atoms with Gasteiger partial charge in [-0.25, -0.2) is 0 Å². The van der Waals surface area contributed by atoms with Gasteiger partial charge < -0.3 is 0 Å². The van der Waals surface area contributed by atoms with Crippen LogP contribution in [0, 0.1) is 22.0 Å². The number of rotatable bonds is 4. The molecule has 0 bridgehead atoms. The van der Waals surface area contributed by atoms with Gasteiger partial charge in [0.25, 0.3) is 5.54 Å². The van der Waals surface area contributed by atoms with Crippen molar-refractivity contribution in [2.24, 2.45) is 0 Å². The van der Waals surface area contributed by atoms with Gasteiger partial charge in [0.2, 0.25) is 0 Å². The molecule has 0 heterocycles. The molecule has 0 fully saturated rings. The van der Waals surface area contributed by atoms with Crippen LogP contribution in [0.15, 0.2) is 0 Å². The topological polar surface area (TPSA) is 43.1 Å². The highest BCUT2D eigenvalue weighted by Crippen LogP contribution is 2.05. The zero-order valence-corrected chi connectivity index (χ0v) is 8.59. The molecule has 0 saturated carbocycles. The third kappa shape index (κ3) is 5.24. The number of hydrogen-bond donors (Lipinski definition) is 0. The van der Waals surface area contributed by atoms with Crippen LogP contribution in [-0.2, 0) is 0 Å². The van der Waals surface area contributed by atoms with E-state index in [9.17, 15) is 10.1 Å². The molecule has 74 valence electrons. The Morgan fingerprint density at radius 1 is 1.38 bits per heavy atom. The van der Waals surface area contributed by atoms with E-state index < -0.39 is 5.54 Å². The largest absolute Gasteiger partial charge is 0.275 e. The molecule has 0 aliphatic heterocycles. The summed E-state index contributed by atoms with van der Waals surface area (Å²) in [4.78, 5) is 10.1. The maximum atomic E-state index is 10.4. The minimum atomic E-state index is -1.09. The van der Waals surface area contributed by atoms with Crippen LogP contribution in [-0.4, -0.2) is 10.5 Å². The Morgan fingerprint density at radius 3 is 2.46 bits per heavy atom. The Morgan fingerprint density at radius 2 is 2.00 bits per heavy atom. The van der Waals surface area contributed by atoms with Crippen molar-refractivity contribution in [1.82, 2.24) is 0 Å². The van der Waals surface area contributed by atoms with E-state index in [1.807, 2.05) is 0 Å². The lowest BCUT2D eigenvalue weighted by molar-refractivity contribution is -0.542. The van der Waals surface area contributed by atoms with Gasteiger partial charge in [-0.2, -0.15) is 0 Å². The molecule has 0 amide bonds. The number of nitro groups is 1. The Balaban J connectivity index is 3.88. The average Bonchev–Trinajstić information content (AvgIpc) is 2.03. The summed E-state index contributed by atoms with van der Waals surface area (Å²) in [5.74, 6) is 5.52. The summed E-state index contributed by atoms with van der Waals surface area (Å²) in [6.45, 7) is 5.17. The second-order valence-electron chi connectivity index (χ2n) is 3.58. The van der Waals surface area contributed by atoms with Gasteiger partial charge >= 0.3 is 0 Å². The van der Waals surface area contributed by atoms with E-state index in [1.54, 1.807) is 0 Å². The molecule has 0 saturated heterocycles. The first-order valence-electron chi connectivity index (χ1n) is 4.65. The standard InChI is InChI=1S/C10H17NO2/c1-4-5-6-7-8-9-10(2,3)11(12)13/h4-7H2,1-3H3. The number of unbranched alkanes of at least 4 members (excludes halogenated alkanes) is 3. The fraction of sp³-hybridized carbons (Fsp3) is 0.800. The van der Waals surface area contributed by atoms with E-state index in [-0.39, 0.29) is 4.92 Å². The predicted octanol–water partition coefficient (Wildman–Crippen LogP) is 2.63. The lowest BCUT2D eigenvalue weighted by Crippen LogP contribution is -2.28. The molecule has 0 aromatic carbocycles. The molecule has 0 radical (unpaired) electrons. The van der Waals surface area contributed by atoms with Crippen LogP contribution < -0.4 is 0 Å². The minimum absolute atomic E-state index is 0.347. The minimum Gasteiger partial charge on any atom is -0.263 e. The van der Waals surface area contributed by atoms with Gasteiger partial charge in [0, 0.05) is 25.2 Å². The molecular weight excluding hydrogens is 166 g/mol. The van der Waals surface area contributed by atoms with Crippen LogP contribution in [0.2, 0.25) is 0 Å². The number of nitrogens with zero attached hydrogens (tertiary/aromatic N) is 1. The first kappa shape index (κ1) is 12.0.